The van der Waals surface area contributed by atoms with Crippen LogP contribution in [0.4, 0.5) is 0 Å². The number of nitrogens with one attached hydrogen (secondary N) is 1. The first-order chi connectivity index (χ1) is 8.79. The predicted molar refractivity (Wildman–Crippen MR) is 70.2 cm³/mol. The Morgan fingerprint density at radius 1 is 1.28 bits per heavy atom. The maximum absolute atomic E-state index is 11.0. The Bertz CT molecular complexity index is 544. The zero-order valence-electron chi connectivity index (χ0n) is 10.1. The lowest BCUT2D eigenvalue weighted by molar-refractivity contribution is -0.120. The van der Waals surface area contributed by atoms with E-state index in [2.05, 4.69) is 10.5 Å². The van der Waals surface area contributed by atoms with Crippen molar-refractivity contribution in [2.75, 3.05) is 0 Å². The van der Waals surface area contributed by atoms with Crippen molar-refractivity contribution in [3.8, 4) is 11.3 Å². The van der Waals surface area contributed by atoms with Gasteiger partial charge in [0, 0.05) is 12.0 Å². The van der Waals surface area contributed by atoms with Crippen LogP contribution in [-0.4, -0.2) is 12.1 Å². The molecule has 4 heteroatoms. The van der Waals surface area contributed by atoms with E-state index in [4.69, 9.17) is 4.42 Å². The van der Waals surface area contributed by atoms with Gasteiger partial charge < -0.3 is 4.42 Å². The average molecular weight is 242 g/mol. The van der Waals surface area contributed by atoms with E-state index in [-0.39, 0.29) is 5.91 Å². The van der Waals surface area contributed by atoms with E-state index < -0.39 is 0 Å². The molecule has 0 aliphatic carbocycles. The number of hydrogen-bond acceptors (Lipinski definition) is 3. The molecule has 0 atom stereocenters. The topological polar surface area (TPSA) is 54.6 Å². The molecule has 0 aliphatic rings. The SMILES string of the molecule is CCC(=O)N/N=C/c1ccc(-c2ccccc2)o1. The van der Waals surface area contributed by atoms with Crippen LogP contribution in [0.3, 0.4) is 0 Å². The molecule has 0 radical (unpaired) electrons. The quantitative estimate of drug-likeness (QED) is 0.662. The standard InChI is InChI=1S/C14H14N2O2/c1-2-14(17)16-15-10-12-8-9-13(18-12)11-6-4-3-5-7-11/h3-10H,2H2,1H3,(H,16,17)/b15-10+. The van der Waals surface area contributed by atoms with Crippen LogP contribution in [0.5, 0.6) is 0 Å². The fraction of sp³-hybridized carbons (Fsp3) is 0.143. The van der Waals surface area contributed by atoms with Gasteiger partial charge in [-0.2, -0.15) is 5.10 Å². The number of amides is 1. The Balaban J connectivity index is 2.05. The maximum Gasteiger partial charge on any atom is 0.239 e. The third kappa shape index (κ3) is 3.07. The molecular formula is C14H14N2O2. The molecule has 0 aliphatic heterocycles. The van der Waals surface area contributed by atoms with Gasteiger partial charge in [0.05, 0.1) is 6.21 Å². The third-order valence-corrected chi connectivity index (χ3v) is 2.39. The highest BCUT2D eigenvalue weighted by Gasteiger charge is 2.02. The molecule has 1 aromatic heterocycles. The molecule has 4 nitrogen and oxygen atoms in total. The molecule has 0 saturated heterocycles. The van der Waals surface area contributed by atoms with Crippen LogP contribution in [0.15, 0.2) is 52.0 Å². The van der Waals surface area contributed by atoms with E-state index in [0.717, 1.165) is 11.3 Å². The summed E-state index contributed by atoms with van der Waals surface area (Å²) in [7, 11) is 0. The Morgan fingerprint density at radius 2 is 2.06 bits per heavy atom. The number of carbonyl (C=O) groups excluding carboxylic acids is 1. The molecule has 0 bridgehead atoms. The first kappa shape index (κ1) is 12.1. The molecular weight excluding hydrogens is 228 g/mol. The fourth-order valence-electron chi connectivity index (χ4n) is 1.43. The molecule has 1 heterocycles. The summed E-state index contributed by atoms with van der Waals surface area (Å²) in [5.74, 6) is 1.25. The van der Waals surface area contributed by atoms with Crippen molar-refractivity contribution in [3.05, 3.63) is 48.2 Å². The number of furan rings is 1. The summed E-state index contributed by atoms with van der Waals surface area (Å²) < 4.78 is 5.58. The van der Waals surface area contributed by atoms with Gasteiger partial charge in [0.1, 0.15) is 11.5 Å². The molecule has 1 amide bonds. The predicted octanol–water partition coefficient (Wildman–Crippen LogP) is 2.81. The minimum absolute atomic E-state index is 0.124. The summed E-state index contributed by atoms with van der Waals surface area (Å²) in [5, 5.41) is 3.80. The second-order valence-electron chi connectivity index (χ2n) is 3.71. The van der Waals surface area contributed by atoms with E-state index in [1.807, 2.05) is 42.5 Å². The van der Waals surface area contributed by atoms with Gasteiger partial charge >= 0.3 is 0 Å². The molecule has 1 aromatic carbocycles. The van der Waals surface area contributed by atoms with Crippen LogP contribution in [0.2, 0.25) is 0 Å². The number of carbonyl (C=O) groups is 1. The van der Waals surface area contributed by atoms with Gasteiger partial charge in [0.25, 0.3) is 0 Å². The minimum Gasteiger partial charge on any atom is -0.455 e. The van der Waals surface area contributed by atoms with Crippen LogP contribution in [0, 0.1) is 0 Å². The van der Waals surface area contributed by atoms with E-state index in [1.54, 1.807) is 6.92 Å². The number of nitrogens with zero attached hydrogens (tertiary/aromatic N) is 1. The molecule has 0 spiro atoms. The van der Waals surface area contributed by atoms with Gasteiger partial charge in [0.15, 0.2) is 0 Å². The highest BCUT2D eigenvalue weighted by molar-refractivity contribution is 5.80. The molecule has 0 saturated carbocycles. The lowest BCUT2D eigenvalue weighted by Crippen LogP contribution is -2.15. The van der Waals surface area contributed by atoms with Gasteiger partial charge in [-0.15, -0.1) is 0 Å². The van der Waals surface area contributed by atoms with Crippen molar-refractivity contribution in [2.45, 2.75) is 13.3 Å². The summed E-state index contributed by atoms with van der Waals surface area (Å²) in [6.07, 6.45) is 1.89. The Kier molecular flexibility index (Phi) is 3.91. The van der Waals surface area contributed by atoms with Crippen LogP contribution >= 0.6 is 0 Å². The number of hydrogen-bond donors (Lipinski definition) is 1. The minimum atomic E-state index is -0.124. The molecule has 2 aromatic rings. The van der Waals surface area contributed by atoms with E-state index in [1.165, 1.54) is 6.21 Å². The summed E-state index contributed by atoms with van der Waals surface area (Å²) in [5.41, 5.74) is 3.41. The van der Waals surface area contributed by atoms with Crippen molar-refractivity contribution in [3.63, 3.8) is 0 Å². The van der Waals surface area contributed by atoms with E-state index >= 15 is 0 Å². The normalized spacial score (nSPS) is 10.7. The van der Waals surface area contributed by atoms with Crippen molar-refractivity contribution < 1.29 is 9.21 Å². The third-order valence-electron chi connectivity index (χ3n) is 2.39. The first-order valence-corrected chi connectivity index (χ1v) is 5.76. The van der Waals surface area contributed by atoms with Crippen molar-refractivity contribution in [1.29, 1.82) is 0 Å². The Morgan fingerprint density at radius 3 is 2.78 bits per heavy atom. The fourth-order valence-corrected chi connectivity index (χ4v) is 1.43. The molecule has 18 heavy (non-hydrogen) atoms. The summed E-state index contributed by atoms with van der Waals surface area (Å²) >= 11 is 0. The molecule has 92 valence electrons. The second kappa shape index (κ2) is 5.82. The van der Waals surface area contributed by atoms with Crippen LogP contribution < -0.4 is 5.43 Å². The number of benzene rings is 1. The second-order valence-corrected chi connectivity index (χ2v) is 3.71. The number of rotatable bonds is 4. The first-order valence-electron chi connectivity index (χ1n) is 5.76. The smallest absolute Gasteiger partial charge is 0.239 e. The summed E-state index contributed by atoms with van der Waals surface area (Å²) in [4.78, 5) is 11.0. The lowest BCUT2D eigenvalue weighted by Gasteiger charge is -1.95. The Labute approximate surface area is 105 Å². The molecule has 1 N–H and O–H groups in total. The van der Waals surface area contributed by atoms with Gasteiger partial charge in [-0.3, -0.25) is 4.79 Å². The lowest BCUT2D eigenvalue weighted by atomic mass is 10.2. The van der Waals surface area contributed by atoms with Gasteiger partial charge in [-0.1, -0.05) is 37.3 Å². The summed E-state index contributed by atoms with van der Waals surface area (Å²) in [6.45, 7) is 1.77. The highest BCUT2D eigenvalue weighted by Crippen LogP contribution is 2.20. The highest BCUT2D eigenvalue weighted by atomic mass is 16.3. The van der Waals surface area contributed by atoms with Crippen molar-refractivity contribution in [1.82, 2.24) is 5.43 Å². The average Bonchev–Trinajstić information content (AvgIpc) is 2.88. The molecule has 0 unspecified atom stereocenters. The molecule has 2 rings (SSSR count). The zero-order valence-corrected chi connectivity index (χ0v) is 10.1. The maximum atomic E-state index is 11.0. The van der Waals surface area contributed by atoms with E-state index in [0.29, 0.717) is 12.2 Å². The van der Waals surface area contributed by atoms with E-state index in [9.17, 15) is 4.79 Å². The van der Waals surface area contributed by atoms with Gasteiger partial charge in [0.2, 0.25) is 5.91 Å². The number of hydrazone groups is 1. The van der Waals surface area contributed by atoms with Gasteiger partial charge in [-0.05, 0) is 12.1 Å². The largest absolute Gasteiger partial charge is 0.455 e. The summed E-state index contributed by atoms with van der Waals surface area (Å²) in [6, 6.07) is 13.5. The molecule has 0 fully saturated rings. The van der Waals surface area contributed by atoms with Gasteiger partial charge in [-0.25, -0.2) is 5.43 Å². The zero-order chi connectivity index (χ0) is 12.8. The van der Waals surface area contributed by atoms with Crippen LogP contribution in [-0.2, 0) is 4.79 Å². The van der Waals surface area contributed by atoms with Crippen molar-refractivity contribution >= 4 is 12.1 Å². The van der Waals surface area contributed by atoms with Crippen LogP contribution in [0.25, 0.3) is 11.3 Å². The van der Waals surface area contributed by atoms with Crippen LogP contribution in [0.1, 0.15) is 19.1 Å². The Hall–Kier alpha value is -2.36. The van der Waals surface area contributed by atoms with Crippen molar-refractivity contribution in [2.24, 2.45) is 5.10 Å². The monoisotopic (exact) mass is 242 g/mol.